The van der Waals surface area contributed by atoms with Crippen LogP contribution in [-0.4, -0.2) is 90.4 Å². The lowest BCUT2D eigenvalue weighted by Crippen LogP contribution is -2.58. The van der Waals surface area contributed by atoms with Crippen LogP contribution in [0.2, 0.25) is 0 Å². The SMILES string of the molecule is O=C(C1=NCC=N1)N1CC(C(=O)N2CCCN(C3CCC3)CC2)C1. The molecule has 2 saturated heterocycles. The maximum Gasteiger partial charge on any atom is 0.291 e. The minimum Gasteiger partial charge on any atom is -0.341 e. The monoisotopic (exact) mass is 331 g/mol. The number of hydrogen-bond acceptors (Lipinski definition) is 5. The number of nitrogens with zero attached hydrogens (tertiary/aromatic N) is 5. The number of hydrogen-bond donors (Lipinski definition) is 0. The van der Waals surface area contributed by atoms with Crippen molar-refractivity contribution >= 4 is 23.9 Å². The summed E-state index contributed by atoms with van der Waals surface area (Å²) < 4.78 is 0. The molecule has 0 bridgehead atoms. The van der Waals surface area contributed by atoms with Gasteiger partial charge >= 0.3 is 0 Å². The van der Waals surface area contributed by atoms with E-state index < -0.39 is 0 Å². The van der Waals surface area contributed by atoms with Gasteiger partial charge in [-0.1, -0.05) is 6.42 Å². The molecule has 4 aliphatic rings. The summed E-state index contributed by atoms with van der Waals surface area (Å²) in [4.78, 5) is 39.1. The van der Waals surface area contributed by atoms with Gasteiger partial charge in [-0.3, -0.25) is 19.5 Å². The average Bonchev–Trinajstić information content (AvgIpc) is 2.91. The van der Waals surface area contributed by atoms with Gasteiger partial charge in [0.15, 0.2) is 0 Å². The second-order valence-electron chi connectivity index (χ2n) is 7.18. The summed E-state index contributed by atoms with van der Waals surface area (Å²) in [5, 5.41) is 0. The van der Waals surface area contributed by atoms with Crippen LogP contribution in [0.25, 0.3) is 0 Å². The highest BCUT2D eigenvalue weighted by molar-refractivity contribution is 6.40. The summed E-state index contributed by atoms with van der Waals surface area (Å²) in [6, 6.07) is 0.754. The second-order valence-corrected chi connectivity index (χ2v) is 7.18. The summed E-state index contributed by atoms with van der Waals surface area (Å²) in [7, 11) is 0. The number of carbonyl (C=O) groups is 2. The van der Waals surface area contributed by atoms with Crippen molar-refractivity contribution in [2.24, 2.45) is 15.9 Å². The van der Waals surface area contributed by atoms with Crippen molar-refractivity contribution in [2.45, 2.75) is 31.7 Å². The van der Waals surface area contributed by atoms with Gasteiger partial charge in [-0.05, 0) is 19.3 Å². The molecule has 1 saturated carbocycles. The largest absolute Gasteiger partial charge is 0.341 e. The number of aliphatic imine (C=N–C) groups is 2. The Morgan fingerprint density at radius 1 is 1.00 bits per heavy atom. The van der Waals surface area contributed by atoms with Crippen LogP contribution in [-0.2, 0) is 9.59 Å². The van der Waals surface area contributed by atoms with Gasteiger partial charge in [0.25, 0.3) is 5.91 Å². The van der Waals surface area contributed by atoms with Crippen LogP contribution >= 0.6 is 0 Å². The molecule has 0 aromatic carbocycles. The predicted octanol–water partition coefficient (Wildman–Crippen LogP) is 0.0145. The van der Waals surface area contributed by atoms with Gasteiger partial charge in [0.1, 0.15) is 0 Å². The standard InChI is InChI=1S/C17H25N5O2/c23-16(13-11-22(12-13)17(24)15-18-5-6-19-15)21-8-2-7-20(9-10-21)14-3-1-4-14/h5,13-14H,1-4,6-12H2. The molecule has 3 heterocycles. The molecule has 0 atom stereocenters. The summed E-state index contributed by atoms with van der Waals surface area (Å²) >= 11 is 0. The Bertz CT molecular complexity index is 578. The average molecular weight is 331 g/mol. The molecule has 4 rings (SSSR count). The third-order valence-electron chi connectivity index (χ3n) is 5.68. The second kappa shape index (κ2) is 6.63. The van der Waals surface area contributed by atoms with E-state index in [0.29, 0.717) is 19.6 Å². The van der Waals surface area contributed by atoms with Gasteiger partial charge in [0.2, 0.25) is 11.7 Å². The van der Waals surface area contributed by atoms with Crippen molar-refractivity contribution in [1.82, 2.24) is 14.7 Å². The Labute approximate surface area is 142 Å². The Morgan fingerprint density at radius 3 is 2.50 bits per heavy atom. The van der Waals surface area contributed by atoms with Crippen molar-refractivity contribution in [3.05, 3.63) is 0 Å². The number of amides is 2. The smallest absolute Gasteiger partial charge is 0.291 e. The van der Waals surface area contributed by atoms with E-state index >= 15 is 0 Å². The van der Waals surface area contributed by atoms with E-state index in [4.69, 9.17) is 0 Å². The molecule has 0 aromatic rings. The van der Waals surface area contributed by atoms with Crippen molar-refractivity contribution in [3.63, 3.8) is 0 Å². The molecule has 3 fully saturated rings. The maximum absolute atomic E-state index is 12.7. The molecule has 2 amide bonds. The van der Waals surface area contributed by atoms with E-state index in [1.54, 1.807) is 11.1 Å². The minimum atomic E-state index is -0.139. The lowest BCUT2D eigenvalue weighted by Gasteiger charge is -2.40. The van der Waals surface area contributed by atoms with Crippen molar-refractivity contribution in [3.8, 4) is 0 Å². The number of rotatable bonds is 3. The van der Waals surface area contributed by atoms with Crippen LogP contribution in [0, 0.1) is 5.92 Å². The number of carbonyl (C=O) groups excluding carboxylic acids is 2. The highest BCUT2D eigenvalue weighted by Gasteiger charge is 2.40. The molecule has 24 heavy (non-hydrogen) atoms. The molecular weight excluding hydrogens is 306 g/mol. The van der Waals surface area contributed by atoms with Crippen molar-refractivity contribution in [1.29, 1.82) is 0 Å². The molecule has 130 valence electrons. The Kier molecular flexibility index (Phi) is 4.35. The van der Waals surface area contributed by atoms with Gasteiger partial charge in [0, 0.05) is 51.5 Å². The fourth-order valence-corrected chi connectivity index (χ4v) is 3.89. The van der Waals surface area contributed by atoms with Crippen molar-refractivity contribution in [2.75, 3.05) is 45.8 Å². The third-order valence-corrected chi connectivity index (χ3v) is 5.68. The van der Waals surface area contributed by atoms with E-state index in [1.807, 2.05) is 4.90 Å². The topological polar surface area (TPSA) is 68.6 Å². The van der Waals surface area contributed by atoms with Crippen LogP contribution in [0.15, 0.2) is 9.98 Å². The first-order chi connectivity index (χ1) is 11.7. The molecular formula is C17H25N5O2. The predicted molar refractivity (Wildman–Crippen MR) is 91.3 cm³/mol. The Hall–Kier alpha value is -1.76. The van der Waals surface area contributed by atoms with Gasteiger partial charge < -0.3 is 9.80 Å². The number of likely N-dealkylation sites (tertiary alicyclic amines) is 1. The van der Waals surface area contributed by atoms with E-state index in [2.05, 4.69) is 14.9 Å². The molecule has 0 aromatic heterocycles. The fourth-order valence-electron chi connectivity index (χ4n) is 3.89. The quantitative estimate of drug-likeness (QED) is 0.732. The Balaban J connectivity index is 1.26. The van der Waals surface area contributed by atoms with Gasteiger partial charge in [0.05, 0.1) is 12.5 Å². The van der Waals surface area contributed by atoms with Crippen LogP contribution in [0.4, 0.5) is 0 Å². The first kappa shape index (κ1) is 15.7. The molecule has 1 aliphatic carbocycles. The zero-order valence-corrected chi connectivity index (χ0v) is 14.1. The van der Waals surface area contributed by atoms with E-state index in [9.17, 15) is 9.59 Å². The minimum absolute atomic E-state index is 0.0461. The van der Waals surface area contributed by atoms with E-state index in [-0.39, 0.29) is 23.6 Å². The molecule has 0 radical (unpaired) electrons. The third kappa shape index (κ3) is 2.97. The molecule has 7 nitrogen and oxygen atoms in total. The molecule has 0 unspecified atom stereocenters. The van der Waals surface area contributed by atoms with Crippen molar-refractivity contribution < 1.29 is 9.59 Å². The zero-order valence-electron chi connectivity index (χ0n) is 14.1. The first-order valence-electron chi connectivity index (χ1n) is 9.11. The maximum atomic E-state index is 12.7. The number of amidine groups is 1. The van der Waals surface area contributed by atoms with E-state index in [1.165, 1.54) is 19.3 Å². The van der Waals surface area contributed by atoms with Gasteiger partial charge in [-0.15, -0.1) is 0 Å². The summed E-state index contributed by atoms with van der Waals surface area (Å²) in [6.45, 7) is 5.30. The summed E-state index contributed by atoms with van der Waals surface area (Å²) in [6.07, 6.45) is 6.69. The van der Waals surface area contributed by atoms with Gasteiger partial charge in [-0.2, -0.15) is 0 Å². The normalized spacial score (nSPS) is 25.9. The highest BCUT2D eigenvalue weighted by Crippen LogP contribution is 2.26. The lowest BCUT2D eigenvalue weighted by atomic mass is 9.91. The molecule has 0 spiro atoms. The molecule has 7 heteroatoms. The lowest BCUT2D eigenvalue weighted by molar-refractivity contribution is -0.145. The van der Waals surface area contributed by atoms with Crippen LogP contribution in [0.3, 0.4) is 0 Å². The van der Waals surface area contributed by atoms with Crippen LogP contribution in [0.5, 0.6) is 0 Å². The molecule has 0 N–H and O–H groups in total. The summed E-state index contributed by atoms with van der Waals surface area (Å²) in [5.41, 5.74) is 0. The van der Waals surface area contributed by atoms with Gasteiger partial charge in [-0.25, -0.2) is 4.99 Å². The summed E-state index contributed by atoms with van der Waals surface area (Å²) in [5.74, 6) is 0.313. The highest BCUT2D eigenvalue weighted by atomic mass is 16.2. The zero-order chi connectivity index (χ0) is 16.5. The molecule has 3 aliphatic heterocycles. The Morgan fingerprint density at radius 2 is 1.83 bits per heavy atom. The van der Waals surface area contributed by atoms with Crippen LogP contribution in [0.1, 0.15) is 25.7 Å². The first-order valence-corrected chi connectivity index (χ1v) is 9.11. The fraction of sp³-hybridized carbons (Fsp3) is 0.765. The van der Waals surface area contributed by atoms with Crippen LogP contribution < -0.4 is 0 Å². The van der Waals surface area contributed by atoms with E-state index in [0.717, 1.165) is 38.6 Å².